The van der Waals surface area contributed by atoms with Gasteiger partial charge >= 0.3 is 0 Å². The van der Waals surface area contributed by atoms with Crippen LogP contribution in [0.15, 0.2) is 30.5 Å². The zero-order valence-electron chi connectivity index (χ0n) is 19.8. The largest absolute Gasteiger partial charge is 0.381 e. The van der Waals surface area contributed by atoms with E-state index in [4.69, 9.17) is 9.72 Å². The number of aromatic nitrogens is 4. The number of alkyl halides is 2. The normalized spacial score (nSPS) is 16.6. The van der Waals surface area contributed by atoms with E-state index >= 15 is 0 Å². The first-order valence-electron chi connectivity index (χ1n) is 12.0. The number of hydrogen-bond donors (Lipinski definition) is 0. The SMILES string of the molecule is Cc1ncc(-c2nc3cccc(-c4nc(C5CCOCC5)n5c4CN(C=O)CC5)c3cc2C(F)F)s1. The first-order valence-corrected chi connectivity index (χ1v) is 12.9. The van der Waals surface area contributed by atoms with Crippen molar-refractivity contribution in [1.82, 2.24) is 24.4 Å². The van der Waals surface area contributed by atoms with Crippen LogP contribution < -0.4 is 0 Å². The van der Waals surface area contributed by atoms with Crippen LogP contribution in [0.3, 0.4) is 0 Å². The van der Waals surface area contributed by atoms with Gasteiger partial charge in [-0.1, -0.05) is 12.1 Å². The number of nitrogens with zero attached hydrogens (tertiary/aromatic N) is 5. The molecule has 0 atom stereocenters. The fourth-order valence-corrected chi connectivity index (χ4v) is 6.03. The number of fused-ring (bicyclic) bond motifs is 2. The summed E-state index contributed by atoms with van der Waals surface area (Å²) >= 11 is 1.35. The standard InChI is InChI=1S/C26H25F2N5O2S/c1-15-29-12-22(36-15)24-19(25(27)28)11-18-17(3-2-4-20(18)30-24)23-21-13-32(14-34)7-8-33(21)26(31-23)16-5-9-35-10-6-16/h2-4,11-12,14,16,25H,5-10,13H2,1H3. The van der Waals surface area contributed by atoms with E-state index in [1.54, 1.807) is 17.2 Å². The van der Waals surface area contributed by atoms with Gasteiger partial charge in [0.25, 0.3) is 6.43 Å². The molecule has 0 unspecified atom stereocenters. The van der Waals surface area contributed by atoms with Crippen molar-refractivity contribution in [2.45, 2.75) is 45.2 Å². The number of pyridine rings is 1. The van der Waals surface area contributed by atoms with Crippen LogP contribution in [0.5, 0.6) is 0 Å². The molecule has 0 aliphatic carbocycles. The molecule has 0 radical (unpaired) electrons. The average Bonchev–Trinajstić information content (AvgIpc) is 3.51. The minimum Gasteiger partial charge on any atom is -0.381 e. The van der Waals surface area contributed by atoms with Gasteiger partial charge in [-0.2, -0.15) is 0 Å². The molecule has 6 rings (SSSR count). The van der Waals surface area contributed by atoms with Crippen molar-refractivity contribution in [3.8, 4) is 21.8 Å². The lowest BCUT2D eigenvalue weighted by Gasteiger charge is -2.28. The third-order valence-corrected chi connectivity index (χ3v) is 7.95. The maximum absolute atomic E-state index is 14.3. The summed E-state index contributed by atoms with van der Waals surface area (Å²) in [6.07, 6.45) is 1.54. The first kappa shape index (κ1) is 23.2. The quantitative estimate of drug-likeness (QED) is 0.340. The summed E-state index contributed by atoms with van der Waals surface area (Å²) in [5, 5.41) is 1.42. The Bertz CT molecular complexity index is 1440. The lowest BCUT2D eigenvalue weighted by molar-refractivity contribution is -0.119. The fourth-order valence-electron chi connectivity index (χ4n) is 5.24. The van der Waals surface area contributed by atoms with Crippen LogP contribution in [-0.4, -0.2) is 50.6 Å². The van der Waals surface area contributed by atoms with Gasteiger partial charge < -0.3 is 14.2 Å². The zero-order valence-corrected chi connectivity index (χ0v) is 20.6. The summed E-state index contributed by atoms with van der Waals surface area (Å²) in [7, 11) is 0. The number of imidazole rings is 1. The van der Waals surface area contributed by atoms with Crippen LogP contribution in [0.4, 0.5) is 8.78 Å². The summed E-state index contributed by atoms with van der Waals surface area (Å²) in [5.74, 6) is 1.25. The van der Waals surface area contributed by atoms with Gasteiger partial charge in [-0.3, -0.25) is 4.79 Å². The minimum absolute atomic E-state index is 0.120. The second-order valence-electron chi connectivity index (χ2n) is 9.22. The van der Waals surface area contributed by atoms with Gasteiger partial charge in [0, 0.05) is 54.9 Å². The highest BCUT2D eigenvalue weighted by molar-refractivity contribution is 7.15. The van der Waals surface area contributed by atoms with Crippen LogP contribution in [0.1, 0.15) is 47.3 Å². The number of carbonyl (C=O) groups excluding carboxylic acids is 1. The molecule has 1 amide bonds. The number of carbonyl (C=O) groups is 1. The number of thiazole rings is 1. The van der Waals surface area contributed by atoms with Gasteiger partial charge in [0.05, 0.1) is 39.0 Å². The monoisotopic (exact) mass is 509 g/mol. The number of aryl methyl sites for hydroxylation is 1. The molecule has 3 aromatic heterocycles. The molecule has 10 heteroatoms. The molecule has 1 saturated heterocycles. The van der Waals surface area contributed by atoms with E-state index in [0.717, 1.165) is 47.0 Å². The first-order chi connectivity index (χ1) is 17.5. The molecule has 2 aliphatic heterocycles. The predicted molar refractivity (Wildman–Crippen MR) is 133 cm³/mol. The van der Waals surface area contributed by atoms with Crippen LogP contribution in [-0.2, 0) is 22.6 Å². The second kappa shape index (κ2) is 9.33. The zero-order chi connectivity index (χ0) is 24.8. The molecule has 4 aromatic rings. The van der Waals surface area contributed by atoms with Crippen molar-refractivity contribution in [3.63, 3.8) is 0 Å². The number of halogens is 2. The lowest BCUT2D eigenvalue weighted by Crippen LogP contribution is -2.33. The highest BCUT2D eigenvalue weighted by Crippen LogP contribution is 2.40. The Morgan fingerprint density at radius 2 is 2.00 bits per heavy atom. The van der Waals surface area contributed by atoms with Crippen molar-refractivity contribution in [2.75, 3.05) is 19.8 Å². The van der Waals surface area contributed by atoms with Crippen molar-refractivity contribution in [1.29, 1.82) is 0 Å². The molecule has 7 nitrogen and oxygen atoms in total. The Morgan fingerprint density at radius 1 is 1.17 bits per heavy atom. The maximum Gasteiger partial charge on any atom is 0.266 e. The van der Waals surface area contributed by atoms with Gasteiger partial charge in [-0.25, -0.2) is 23.7 Å². The second-order valence-corrected chi connectivity index (χ2v) is 10.5. The number of hydrogen-bond acceptors (Lipinski definition) is 6. The van der Waals surface area contributed by atoms with E-state index in [2.05, 4.69) is 14.5 Å². The highest BCUT2D eigenvalue weighted by Gasteiger charge is 2.30. The molecule has 186 valence electrons. The van der Waals surface area contributed by atoms with E-state index in [9.17, 15) is 13.6 Å². The van der Waals surface area contributed by atoms with E-state index < -0.39 is 6.43 Å². The molecule has 1 fully saturated rings. The Kier molecular flexibility index (Phi) is 6.00. The number of benzene rings is 1. The third-order valence-electron chi connectivity index (χ3n) is 7.03. The molecular weight excluding hydrogens is 484 g/mol. The van der Waals surface area contributed by atoms with Crippen molar-refractivity contribution in [3.05, 3.63) is 52.6 Å². The summed E-state index contributed by atoms with van der Waals surface area (Å²) in [6.45, 7) is 4.94. The lowest BCUT2D eigenvalue weighted by atomic mass is 9.99. The van der Waals surface area contributed by atoms with Crippen molar-refractivity contribution < 1.29 is 18.3 Å². The molecule has 5 heterocycles. The Balaban J connectivity index is 1.55. The molecule has 2 aliphatic rings. The summed E-state index contributed by atoms with van der Waals surface area (Å²) in [4.78, 5) is 28.0. The Labute approximate surface area is 210 Å². The van der Waals surface area contributed by atoms with Crippen LogP contribution in [0.2, 0.25) is 0 Å². The Hall–Kier alpha value is -3.24. The molecule has 0 saturated carbocycles. The number of amides is 1. The molecule has 0 bridgehead atoms. The molecule has 36 heavy (non-hydrogen) atoms. The minimum atomic E-state index is -2.69. The maximum atomic E-state index is 14.3. The highest BCUT2D eigenvalue weighted by atomic mass is 32.1. The number of ether oxygens (including phenoxy) is 1. The van der Waals surface area contributed by atoms with Crippen LogP contribution in [0.25, 0.3) is 32.7 Å². The average molecular weight is 510 g/mol. The third kappa shape index (κ3) is 3.98. The summed E-state index contributed by atoms with van der Waals surface area (Å²) < 4.78 is 36.3. The topological polar surface area (TPSA) is 73.1 Å². The smallest absolute Gasteiger partial charge is 0.266 e. The van der Waals surface area contributed by atoms with Crippen LogP contribution >= 0.6 is 11.3 Å². The molecule has 0 N–H and O–H groups in total. The Morgan fingerprint density at radius 3 is 2.72 bits per heavy atom. The van der Waals surface area contributed by atoms with Gasteiger partial charge in [-0.05, 0) is 31.9 Å². The number of rotatable bonds is 5. The van der Waals surface area contributed by atoms with Crippen LogP contribution in [0, 0.1) is 6.92 Å². The van der Waals surface area contributed by atoms with Crippen molar-refractivity contribution in [2.24, 2.45) is 0 Å². The van der Waals surface area contributed by atoms with Gasteiger partial charge in [0.15, 0.2) is 0 Å². The molecule has 0 spiro atoms. The summed E-state index contributed by atoms with van der Waals surface area (Å²) in [5.41, 5.74) is 3.19. The molecular formula is C26H25F2N5O2S. The predicted octanol–water partition coefficient (Wildman–Crippen LogP) is 5.33. The van der Waals surface area contributed by atoms with E-state index in [1.807, 2.05) is 25.1 Å². The van der Waals surface area contributed by atoms with Gasteiger partial charge in [0.2, 0.25) is 6.41 Å². The summed E-state index contributed by atoms with van der Waals surface area (Å²) in [6, 6.07) is 7.18. The van der Waals surface area contributed by atoms with E-state index in [-0.39, 0.29) is 17.2 Å². The molecule has 1 aromatic carbocycles. The van der Waals surface area contributed by atoms with Gasteiger partial charge in [-0.15, -0.1) is 11.3 Å². The fraction of sp³-hybridized carbons (Fsp3) is 0.385. The van der Waals surface area contributed by atoms with E-state index in [0.29, 0.717) is 48.6 Å². The van der Waals surface area contributed by atoms with Crippen molar-refractivity contribution >= 4 is 28.6 Å². The van der Waals surface area contributed by atoms with E-state index in [1.165, 1.54) is 11.3 Å². The van der Waals surface area contributed by atoms with Gasteiger partial charge in [0.1, 0.15) is 5.82 Å².